The van der Waals surface area contributed by atoms with Gasteiger partial charge in [0.25, 0.3) is 0 Å². The van der Waals surface area contributed by atoms with E-state index in [1.807, 2.05) is 4.90 Å². The van der Waals surface area contributed by atoms with Gasteiger partial charge in [-0.15, -0.1) is 24.0 Å². The van der Waals surface area contributed by atoms with Gasteiger partial charge in [0.05, 0.1) is 0 Å². The Balaban J connectivity index is 0.00000288. The summed E-state index contributed by atoms with van der Waals surface area (Å²) >= 11 is 0. The standard InChI is InChI=1S/C14H22F3N5O.HI/c1-21-10-7-19-11(21)13(23,14(15,16)17)5-6-20-12(18)22-8-3-2-4-9-22;/h7,10,23H,2-6,8-9H2,1H3,(H2,18,20);1H. The number of piperidine rings is 1. The molecule has 0 amide bonds. The minimum Gasteiger partial charge on any atom is -0.374 e. The van der Waals surface area contributed by atoms with E-state index in [1.165, 1.54) is 19.4 Å². The smallest absolute Gasteiger partial charge is 0.374 e. The summed E-state index contributed by atoms with van der Waals surface area (Å²) in [6.07, 6.45) is 0.217. The van der Waals surface area contributed by atoms with Gasteiger partial charge in [-0.1, -0.05) is 0 Å². The average molecular weight is 461 g/mol. The van der Waals surface area contributed by atoms with Crippen molar-refractivity contribution in [3.05, 3.63) is 18.2 Å². The number of rotatable bonds is 4. The Hall–Kier alpha value is -1.04. The van der Waals surface area contributed by atoms with Crippen LogP contribution in [0.2, 0.25) is 0 Å². The third-order valence-electron chi connectivity index (χ3n) is 4.09. The molecular formula is C14H23F3IN5O. The Bertz CT molecular complexity index is 557. The molecule has 3 N–H and O–H groups in total. The molecule has 0 aliphatic carbocycles. The van der Waals surface area contributed by atoms with E-state index in [0.29, 0.717) is 0 Å². The topological polar surface area (TPSA) is 79.7 Å². The lowest BCUT2D eigenvalue weighted by atomic mass is 9.98. The van der Waals surface area contributed by atoms with Gasteiger partial charge >= 0.3 is 6.18 Å². The lowest BCUT2D eigenvalue weighted by Gasteiger charge is -2.30. The summed E-state index contributed by atoms with van der Waals surface area (Å²) in [5.41, 5.74) is 2.78. The van der Waals surface area contributed by atoms with Crippen molar-refractivity contribution in [1.29, 1.82) is 0 Å². The first-order valence-electron chi connectivity index (χ1n) is 7.57. The maximum absolute atomic E-state index is 13.3. The van der Waals surface area contributed by atoms with Crippen LogP contribution >= 0.6 is 24.0 Å². The van der Waals surface area contributed by atoms with E-state index < -0.39 is 24.0 Å². The van der Waals surface area contributed by atoms with Crippen LogP contribution < -0.4 is 5.73 Å². The predicted molar refractivity (Wildman–Crippen MR) is 95.1 cm³/mol. The lowest BCUT2D eigenvalue weighted by Crippen LogP contribution is -2.45. The second-order valence-corrected chi connectivity index (χ2v) is 5.76. The fraction of sp³-hybridized carbons (Fsp3) is 0.714. The Kier molecular flexibility index (Phi) is 7.32. The Morgan fingerprint density at radius 1 is 1.33 bits per heavy atom. The summed E-state index contributed by atoms with van der Waals surface area (Å²) < 4.78 is 41.2. The van der Waals surface area contributed by atoms with E-state index in [9.17, 15) is 18.3 Å². The van der Waals surface area contributed by atoms with Crippen LogP contribution in [0.25, 0.3) is 0 Å². The van der Waals surface area contributed by atoms with Crippen LogP contribution in [-0.4, -0.2) is 51.3 Å². The molecule has 0 spiro atoms. The van der Waals surface area contributed by atoms with Crippen LogP contribution in [0.15, 0.2) is 17.4 Å². The van der Waals surface area contributed by atoms with Gasteiger partial charge in [-0.2, -0.15) is 13.2 Å². The fourth-order valence-corrected chi connectivity index (χ4v) is 2.70. The van der Waals surface area contributed by atoms with Crippen LogP contribution in [0.1, 0.15) is 31.5 Å². The van der Waals surface area contributed by atoms with Crippen LogP contribution in [0.3, 0.4) is 0 Å². The number of hydrogen-bond acceptors (Lipinski definition) is 3. The molecule has 0 saturated carbocycles. The van der Waals surface area contributed by atoms with Gasteiger partial charge in [-0.3, -0.25) is 4.99 Å². The molecule has 1 saturated heterocycles. The number of guanidine groups is 1. The van der Waals surface area contributed by atoms with Crippen LogP contribution in [0.4, 0.5) is 13.2 Å². The Morgan fingerprint density at radius 2 is 1.96 bits per heavy atom. The minimum absolute atomic E-state index is 0. The molecule has 1 aliphatic heterocycles. The first-order valence-corrected chi connectivity index (χ1v) is 7.57. The number of hydrogen-bond donors (Lipinski definition) is 2. The molecule has 138 valence electrons. The summed E-state index contributed by atoms with van der Waals surface area (Å²) in [5.74, 6) is -0.217. The molecule has 1 aliphatic rings. The molecule has 10 heteroatoms. The van der Waals surface area contributed by atoms with E-state index in [0.717, 1.165) is 36.9 Å². The van der Waals surface area contributed by atoms with E-state index in [2.05, 4.69) is 9.98 Å². The van der Waals surface area contributed by atoms with Gasteiger partial charge < -0.3 is 20.3 Å². The largest absolute Gasteiger partial charge is 0.424 e. The van der Waals surface area contributed by atoms with Gasteiger partial charge in [-0.05, 0) is 19.3 Å². The van der Waals surface area contributed by atoms with Gasteiger partial charge in [0, 0.05) is 45.5 Å². The van der Waals surface area contributed by atoms with Crippen molar-refractivity contribution < 1.29 is 18.3 Å². The third kappa shape index (κ3) is 4.52. The van der Waals surface area contributed by atoms with E-state index >= 15 is 0 Å². The molecule has 1 aromatic rings. The average Bonchev–Trinajstić information content (AvgIpc) is 2.93. The molecule has 1 unspecified atom stereocenters. The monoisotopic (exact) mass is 461 g/mol. The molecule has 1 aromatic heterocycles. The van der Waals surface area contributed by atoms with Crippen molar-refractivity contribution in [3.8, 4) is 0 Å². The number of aromatic nitrogens is 2. The number of aliphatic hydroxyl groups is 1. The summed E-state index contributed by atoms with van der Waals surface area (Å²) in [6.45, 7) is 1.29. The number of likely N-dealkylation sites (tertiary alicyclic amines) is 1. The molecule has 0 aromatic carbocycles. The highest BCUT2D eigenvalue weighted by Gasteiger charge is 2.57. The van der Waals surface area contributed by atoms with Crippen molar-refractivity contribution in [2.45, 2.75) is 37.5 Å². The molecule has 0 radical (unpaired) electrons. The second-order valence-electron chi connectivity index (χ2n) is 5.76. The molecule has 2 rings (SSSR count). The van der Waals surface area contributed by atoms with Crippen LogP contribution in [-0.2, 0) is 12.6 Å². The Morgan fingerprint density at radius 3 is 2.46 bits per heavy atom. The number of imidazole rings is 1. The van der Waals surface area contributed by atoms with Gasteiger partial charge in [0.2, 0.25) is 5.60 Å². The second kappa shape index (κ2) is 8.37. The van der Waals surface area contributed by atoms with Crippen molar-refractivity contribution >= 4 is 29.9 Å². The van der Waals surface area contributed by atoms with Crippen LogP contribution in [0.5, 0.6) is 0 Å². The summed E-state index contributed by atoms with van der Waals surface area (Å²) in [6, 6.07) is 0. The van der Waals surface area contributed by atoms with Gasteiger partial charge in [-0.25, -0.2) is 4.98 Å². The maximum atomic E-state index is 13.3. The number of aryl methyl sites for hydroxylation is 1. The summed E-state index contributed by atoms with van der Waals surface area (Å²) in [7, 11) is 1.41. The number of nitrogens with two attached hydrogens (primary N) is 1. The third-order valence-corrected chi connectivity index (χ3v) is 4.09. The maximum Gasteiger partial charge on any atom is 0.424 e. The van der Waals surface area contributed by atoms with E-state index in [-0.39, 0.29) is 36.5 Å². The zero-order valence-electron chi connectivity index (χ0n) is 13.5. The highest BCUT2D eigenvalue weighted by atomic mass is 127. The SMILES string of the molecule is Cn1ccnc1C(O)(CCN=C(N)N1CCCCC1)C(F)(F)F.I. The zero-order chi connectivity index (χ0) is 17.1. The van der Waals surface area contributed by atoms with Gasteiger partial charge in [0.15, 0.2) is 5.96 Å². The normalized spacial score (nSPS) is 18.9. The van der Waals surface area contributed by atoms with Crippen LogP contribution in [0, 0.1) is 0 Å². The van der Waals surface area contributed by atoms with Gasteiger partial charge in [0.1, 0.15) is 5.82 Å². The molecular weight excluding hydrogens is 438 g/mol. The lowest BCUT2D eigenvalue weighted by molar-refractivity contribution is -0.272. The minimum atomic E-state index is -4.85. The van der Waals surface area contributed by atoms with Crippen molar-refractivity contribution in [2.24, 2.45) is 17.8 Å². The van der Waals surface area contributed by atoms with Crippen molar-refractivity contribution in [1.82, 2.24) is 14.5 Å². The first-order chi connectivity index (χ1) is 10.8. The number of nitrogens with zero attached hydrogens (tertiary/aromatic N) is 4. The zero-order valence-corrected chi connectivity index (χ0v) is 15.8. The molecule has 2 heterocycles. The predicted octanol–water partition coefficient (Wildman–Crippen LogP) is 1.98. The fourth-order valence-electron chi connectivity index (χ4n) is 2.70. The van der Waals surface area contributed by atoms with E-state index in [1.54, 1.807) is 0 Å². The van der Waals surface area contributed by atoms with E-state index in [4.69, 9.17) is 5.73 Å². The quantitative estimate of drug-likeness (QED) is 0.409. The molecule has 1 fully saturated rings. The molecule has 0 bridgehead atoms. The van der Waals surface area contributed by atoms with Crippen molar-refractivity contribution in [3.63, 3.8) is 0 Å². The summed E-state index contributed by atoms with van der Waals surface area (Å²) in [4.78, 5) is 9.51. The number of halogens is 4. The first kappa shape index (κ1) is 21.0. The number of aliphatic imine (C=N–C) groups is 1. The number of alkyl halides is 3. The van der Waals surface area contributed by atoms with Crippen molar-refractivity contribution in [2.75, 3.05) is 19.6 Å². The summed E-state index contributed by atoms with van der Waals surface area (Å²) in [5, 5.41) is 10.2. The highest BCUT2D eigenvalue weighted by Crippen LogP contribution is 2.40. The molecule has 6 nitrogen and oxygen atoms in total. The highest BCUT2D eigenvalue weighted by molar-refractivity contribution is 14.0. The molecule has 24 heavy (non-hydrogen) atoms. The Labute approximate surface area is 156 Å². The molecule has 1 atom stereocenters.